The standard InChI is InChI=1S/C24H30Cl2N2O3/c1-5-6-9-27-24(30)18(4)28(14-19-7-8-20(25)13-22(19)26)23(29)15-31-21-11-16(2)10-17(3)12-21/h7-8,10-13,18H,5-6,9,14-15H2,1-4H3,(H,27,30)/t18-/m1/s1. The molecule has 1 atom stereocenters. The van der Waals surface area contributed by atoms with Crippen molar-refractivity contribution < 1.29 is 14.3 Å². The van der Waals surface area contributed by atoms with Gasteiger partial charge in [0.25, 0.3) is 5.91 Å². The van der Waals surface area contributed by atoms with Gasteiger partial charge in [-0.25, -0.2) is 0 Å². The van der Waals surface area contributed by atoms with Gasteiger partial charge in [0, 0.05) is 23.1 Å². The lowest BCUT2D eigenvalue weighted by Crippen LogP contribution is -2.49. The van der Waals surface area contributed by atoms with E-state index in [4.69, 9.17) is 27.9 Å². The number of rotatable bonds is 10. The van der Waals surface area contributed by atoms with E-state index in [1.807, 2.05) is 32.0 Å². The normalized spacial score (nSPS) is 11.7. The van der Waals surface area contributed by atoms with E-state index in [0.29, 0.717) is 27.9 Å². The number of halogens is 2. The van der Waals surface area contributed by atoms with E-state index < -0.39 is 6.04 Å². The summed E-state index contributed by atoms with van der Waals surface area (Å²) in [5, 5.41) is 3.84. The minimum atomic E-state index is -0.682. The Kier molecular flexibility index (Phi) is 9.66. The molecule has 0 fully saturated rings. The zero-order chi connectivity index (χ0) is 23.0. The van der Waals surface area contributed by atoms with Crippen LogP contribution >= 0.6 is 23.2 Å². The molecule has 0 saturated heterocycles. The highest BCUT2D eigenvalue weighted by molar-refractivity contribution is 6.35. The number of hydrogen-bond donors (Lipinski definition) is 1. The fourth-order valence-corrected chi connectivity index (χ4v) is 3.66. The molecule has 7 heteroatoms. The third-order valence-corrected chi connectivity index (χ3v) is 5.50. The number of amides is 2. The Balaban J connectivity index is 2.18. The fraction of sp³-hybridized carbons (Fsp3) is 0.417. The number of ether oxygens (including phenoxy) is 1. The molecule has 0 aliphatic rings. The van der Waals surface area contributed by atoms with Gasteiger partial charge in [-0.2, -0.15) is 0 Å². The Morgan fingerprint density at radius 1 is 1.10 bits per heavy atom. The first-order chi connectivity index (χ1) is 14.7. The molecule has 0 unspecified atom stereocenters. The zero-order valence-electron chi connectivity index (χ0n) is 18.5. The summed E-state index contributed by atoms with van der Waals surface area (Å²) in [6.45, 7) is 8.27. The molecule has 0 aliphatic carbocycles. The molecule has 1 N–H and O–H groups in total. The summed E-state index contributed by atoms with van der Waals surface area (Å²) in [5.41, 5.74) is 2.81. The second-order valence-corrected chi connectivity index (χ2v) is 8.53. The van der Waals surface area contributed by atoms with Crippen LogP contribution < -0.4 is 10.1 Å². The maximum Gasteiger partial charge on any atom is 0.261 e. The highest BCUT2D eigenvalue weighted by Crippen LogP contribution is 2.23. The van der Waals surface area contributed by atoms with E-state index in [9.17, 15) is 9.59 Å². The summed E-state index contributed by atoms with van der Waals surface area (Å²) in [7, 11) is 0. The first-order valence-electron chi connectivity index (χ1n) is 10.4. The van der Waals surface area contributed by atoms with E-state index >= 15 is 0 Å². The lowest BCUT2D eigenvalue weighted by Gasteiger charge is -2.29. The predicted molar refractivity (Wildman–Crippen MR) is 126 cm³/mol. The van der Waals surface area contributed by atoms with E-state index in [-0.39, 0.29) is 25.0 Å². The number of nitrogens with zero attached hydrogens (tertiary/aromatic N) is 1. The first-order valence-corrected chi connectivity index (χ1v) is 11.2. The van der Waals surface area contributed by atoms with Crippen LogP contribution in [-0.2, 0) is 16.1 Å². The Morgan fingerprint density at radius 3 is 2.39 bits per heavy atom. The number of unbranched alkanes of at least 4 members (excludes halogenated alkanes) is 1. The molecule has 2 rings (SSSR count). The van der Waals surface area contributed by atoms with Crippen LogP contribution in [0.15, 0.2) is 36.4 Å². The number of aryl methyl sites for hydroxylation is 2. The number of hydrogen-bond acceptors (Lipinski definition) is 3. The summed E-state index contributed by atoms with van der Waals surface area (Å²) < 4.78 is 5.75. The Labute approximate surface area is 194 Å². The van der Waals surface area contributed by atoms with Gasteiger partial charge in [0.2, 0.25) is 5.91 Å². The van der Waals surface area contributed by atoms with Crippen LogP contribution in [0.25, 0.3) is 0 Å². The summed E-state index contributed by atoms with van der Waals surface area (Å²) in [5.74, 6) is 0.108. The van der Waals surface area contributed by atoms with Crippen molar-refractivity contribution in [2.24, 2.45) is 0 Å². The van der Waals surface area contributed by atoms with Gasteiger partial charge >= 0.3 is 0 Å². The van der Waals surface area contributed by atoms with Crippen molar-refractivity contribution in [3.8, 4) is 5.75 Å². The molecular formula is C24H30Cl2N2O3. The van der Waals surface area contributed by atoms with Crippen LogP contribution in [0.3, 0.4) is 0 Å². The lowest BCUT2D eigenvalue weighted by molar-refractivity contribution is -0.142. The number of carbonyl (C=O) groups excluding carboxylic acids is 2. The maximum absolute atomic E-state index is 13.1. The smallest absolute Gasteiger partial charge is 0.261 e. The molecule has 0 bridgehead atoms. The zero-order valence-corrected chi connectivity index (χ0v) is 20.0. The van der Waals surface area contributed by atoms with Gasteiger partial charge in [0.05, 0.1) is 0 Å². The van der Waals surface area contributed by atoms with Gasteiger partial charge in [0.15, 0.2) is 6.61 Å². The second kappa shape index (κ2) is 12.0. The monoisotopic (exact) mass is 464 g/mol. The van der Waals surface area contributed by atoms with Crippen molar-refractivity contribution in [2.75, 3.05) is 13.2 Å². The third kappa shape index (κ3) is 7.75. The quantitative estimate of drug-likeness (QED) is 0.483. The van der Waals surface area contributed by atoms with Gasteiger partial charge in [0.1, 0.15) is 11.8 Å². The molecule has 2 amide bonds. The Hall–Kier alpha value is -2.24. The van der Waals surface area contributed by atoms with Crippen LogP contribution in [0.5, 0.6) is 5.75 Å². The highest BCUT2D eigenvalue weighted by Gasteiger charge is 2.27. The van der Waals surface area contributed by atoms with Crippen molar-refractivity contribution in [3.05, 3.63) is 63.1 Å². The molecule has 0 radical (unpaired) electrons. The Bertz CT molecular complexity index is 897. The minimum absolute atomic E-state index is 0.174. The van der Waals surface area contributed by atoms with E-state index in [1.54, 1.807) is 25.1 Å². The van der Waals surface area contributed by atoms with Crippen molar-refractivity contribution in [3.63, 3.8) is 0 Å². The first kappa shape index (κ1) is 25.0. The van der Waals surface area contributed by atoms with Crippen LogP contribution in [0.2, 0.25) is 10.0 Å². The van der Waals surface area contributed by atoms with Crippen LogP contribution in [0.1, 0.15) is 43.4 Å². The second-order valence-electron chi connectivity index (χ2n) is 7.69. The fourth-order valence-electron chi connectivity index (χ4n) is 3.20. The average molecular weight is 465 g/mol. The molecular weight excluding hydrogens is 435 g/mol. The molecule has 2 aromatic rings. The average Bonchev–Trinajstić information content (AvgIpc) is 2.70. The van der Waals surface area contributed by atoms with Gasteiger partial charge < -0.3 is 15.0 Å². The van der Waals surface area contributed by atoms with Gasteiger partial charge in [-0.3, -0.25) is 9.59 Å². The summed E-state index contributed by atoms with van der Waals surface area (Å²) in [6.07, 6.45) is 1.85. The maximum atomic E-state index is 13.1. The largest absolute Gasteiger partial charge is 0.484 e. The van der Waals surface area contributed by atoms with E-state index in [1.165, 1.54) is 4.90 Å². The Morgan fingerprint density at radius 2 is 1.77 bits per heavy atom. The van der Waals surface area contributed by atoms with Crippen LogP contribution in [-0.4, -0.2) is 35.9 Å². The van der Waals surface area contributed by atoms with Gasteiger partial charge in [-0.05, 0) is 68.1 Å². The number of benzene rings is 2. The van der Waals surface area contributed by atoms with Gasteiger partial charge in [-0.1, -0.05) is 48.7 Å². The third-order valence-electron chi connectivity index (χ3n) is 4.91. The highest BCUT2D eigenvalue weighted by atomic mass is 35.5. The lowest BCUT2D eigenvalue weighted by atomic mass is 10.1. The predicted octanol–water partition coefficient (Wildman–Crippen LogP) is 5.32. The molecule has 0 heterocycles. The van der Waals surface area contributed by atoms with Crippen LogP contribution in [0, 0.1) is 13.8 Å². The molecule has 0 saturated carbocycles. The van der Waals surface area contributed by atoms with E-state index in [0.717, 1.165) is 24.0 Å². The van der Waals surface area contributed by atoms with Crippen molar-refractivity contribution >= 4 is 35.0 Å². The topological polar surface area (TPSA) is 58.6 Å². The SMILES string of the molecule is CCCCNC(=O)[C@@H](C)N(Cc1ccc(Cl)cc1Cl)C(=O)COc1cc(C)cc(C)c1. The molecule has 168 valence electrons. The van der Waals surface area contributed by atoms with Crippen molar-refractivity contribution in [1.82, 2.24) is 10.2 Å². The minimum Gasteiger partial charge on any atom is -0.484 e. The van der Waals surface area contributed by atoms with Crippen LogP contribution in [0.4, 0.5) is 0 Å². The molecule has 0 spiro atoms. The molecule has 31 heavy (non-hydrogen) atoms. The summed E-state index contributed by atoms with van der Waals surface area (Å²) in [4.78, 5) is 27.2. The summed E-state index contributed by atoms with van der Waals surface area (Å²) >= 11 is 12.3. The van der Waals surface area contributed by atoms with Crippen molar-refractivity contribution in [1.29, 1.82) is 0 Å². The van der Waals surface area contributed by atoms with Crippen molar-refractivity contribution in [2.45, 2.75) is 53.1 Å². The molecule has 0 aliphatic heterocycles. The molecule has 5 nitrogen and oxygen atoms in total. The number of nitrogens with one attached hydrogen (secondary N) is 1. The molecule has 0 aromatic heterocycles. The number of carbonyl (C=O) groups is 2. The van der Waals surface area contributed by atoms with E-state index in [2.05, 4.69) is 12.2 Å². The summed E-state index contributed by atoms with van der Waals surface area (Å²) in [6, 6.07) is 10.2. The molecule has 2 aromatic carbocycles. The van der Waals surface area contributed by atoms with Gasteiger partial charge in [-0.15, -0.1) is 0 Å².